The molecule has 1 N–H and O–H groups in total. The van der Waals surface area contributed by atoms with Gasteiger partial charge in [-0.05, 0) is 24.5 Å². The molecule has 0 radical (unpaired) electrons. The number of hydrogen-bond donors (Lipinski definition) is 1. The first-order chi connectivity index (χ1) is 12.5. The zero-order chi connectivity index (χ0) is 18.7. The lowest BCUT2D eigenvalue weighted by atomic mass is 10.1. The largest absolute Gasteiger partial charge is 0.454 e. The Morgan fingerprint density at radius 2 is 2.00 bits per heavy atom. The van der Waals surface area contributed by atoms with Gasteiger partial charge in [0.05, 0.1) is 15.4 Å². The number of ether oxygens (including phenoxy) is 1. The van der Waals surface area contributed by atoms with Gasteiger partial charge in [-0.1, -0.05) is 18.2 Å². The molecule has 3 rings (SSSR count). The number of nitro benzene ring substituents is 1. The van der Waals surface area contributed by atoms with Crippen LogP contribution in [0.5, 0.6) is 0 Å². The predicted octanol–water partition coefficient (Wildman–Crippen LogP) is 3.84. The second-order valence-electron chi connectivity index (χ2n) is 5.39. The number of Topliss-reactive ketones (excluding diaryl/α,β-unsaturated/α-hetero) is 1. The Balaban J connectivity index is 1.73. The number of carbonyl (C=O) groups excluding carboxylic acids is 2. The molecule has 2 aromatic carbocycles. The molecule has 0 bridgehead atoms. The summed E-state index contributed by atoms with van der Waals surface area (Å²) >= 11 is 1.21. The van der Waals surface area contributed by atoms with Crippen LogP contribution in [0.4, 0.5) is 5.69 Å². The first kappa shape index (κ1) is 17.7. The summed E-state index contributed by atoms with van der Waals surface area (Å²) in [5, 5.41) is 11.8. The topological polar surface area (TPSA) is 102 Å². The van der Waals surface area contributed by atoms with Crippen molar-refractivity contribution < 1.29 is 19.2 Å². The van der Waals surface area contributed by atoms with E-state index < -0.39 is 17.5 Å². The number of rotatable bonds is 6. The van der Waals surface area contributed by atoms with Crippen molar-refractivity contribution in [3.63, 3.8) is 0 Å². The van der Waals surface area contributed by atoms with Gasteiger partial charge in [0, 0.05) is 28.7 Å². The number of benzene rings is 2. The number of thioether (sulfide) groups is 1. The van der Waals surface area contributed by atoms with E-state index in [0.29, 0.717) is 10.5 Å². The summed E-state index contributed by atoms with van der Waals surface area (Å²) in [6.45, 7) is -0.446. The number of aromatic amines is 1. The standard InChI is InChI=1S/C18H14N2O5S/c1-26-17-7-6-11(8-15(17)20(23)24)18(22)25-10-16(21)13-9-19-14-5-3-2-4-12(13)14/h2-9,19H,10H2,1H3. The molecule has 0 aliphatic carbocycles. The lowest BCUT2D eigenvalue weighted by Crippen LogP contribution is -2.14. The average molecular weight is 370 g/mol. The molecule has 0 amide bonds. The van der Waals surface area contributed by atoms with Gasteiger partial charge in [-0.2, -0.15) is 0 Å². The smallest absolute Gasteiger partial charge is 0.338 e. The minimum Gasteiger partial charge on any atom is -0.454 e. The number of aromatic nitrogens is 1. The van der Waals surface area contributed by atoms with Crippen molar-refractivity contribution in [2.45, 2.75) is 4.90 Å². The first-order valence-corrected chi connectivity index (χ1v) is 8.82. The van der Waals surface area contributed by atoms with E-state index in [4.69, 9.17) is 4.74 Å². The highest BCUT2D eigenvalue weighted by atomic mass is 32.2. The van der Waals surface area contributed by atoms with E-state index in [-0.39, 0.29) is 17.0 Å². The van der Waals surface area contributed by atoms with Crippen LogP contribution in [0.25, 0.3) is 10.9 Å². The summed E-state index contributed by atoms with van der Waals surface area (Å²) in [5.41, 5.74) is 1.10. The lowest BCUT2D eigenvalue weighted by Gasteiger charge is -2.05. The monoisotopic (exact) mass is 370 g/mol. The van der Waals surface area contributed by atoms with E-state index in [0.717, 1.165) is 17.0 Å². The normalized spacial score (nSPS) is 10.7. The fraction of sp³-hybridized carbons (Fsp3) is 0.111. The highest BCUT2D eigenvalue weighted by molar-refractivity contribution is 7.98. The van der Waals surface area contributed by atoms with E-state index in [1.54, 1.807) is 18.5 Å². The van der Waals surface area contributed by atoms with Crippen LogP contribution in [0.3, 0.4) is 0 Å². The van der Waals surface area contributed by atoms with Gasteiger partial charge in [0.2, 0.25) is 5.78 Å². The minimum absolute atomic E-state index is 0.0289. The number of hydrogen-bond acceptors (Lipinski definition) is 6. The molecular formula is C18H14N2O5S. The number of para-hydroxylation sites is 1. The Hall–Kier alpha value is -3.13. The Morgan fingerprint density at radius 1 is 1.23 bits per heavy atom. The molecule has 0 atom stereocenters. The van der Waals surface area contributed by atoms with Gasteiger partial charge < -0.3 is 9.72 Å². The number of nitrogens with zero attached hydrogens (tertiary/aromatic N) is 1. The molecule has 0 spiro atoms. The Labute approximate surface area is 152 Å². The van der Waals surface area contributed by atoms with Crippen molar-refractivity contribution in [2.75, 3.05) is 12.9 Å². The molecule has 1 heterocycles. The SMILES string of the molecule is CSc1ccc(C(=O)OCC(=O)c2c[nH]c3ccccc23)cc1[N+](=O)[O-]. The Bertz CT molecular complexity index is 1010. The highest BCUT2D eigenvalue weighted by Crippen LogP contribution is 2.28. The lowest BCUT2D eigenvalue weighted by molar-refractivity contribution is -0.387. The molecule has 0 aliphatic heterocycles. The Morgan fingerprint density at radius 3 is 2.73 bits per heavy atom. The Kier molecular flexibility index (Phi) is 5.04. The second kappa shape index (κ2) is 7.40. The molecule has 0 unspecified atom stereocenters. The summed E-state index contributed by atoms with van der Waals surface area (Å²) in [6, 6.07) is 11.4. The quantitative estimate of drug-likeness (QED) is 0.232. The fourth-order valence-corrected chi connectivity index (χ4v) is 3.10. The molecular weight excluding hydrogens is 356 g/mol. The van der Waals surface area contributed by atoms with Crippen LogP contribution in [0.1, 0.15) is 20.7 Å². The number of esters is 1. The van der Waals surface area contributed by atoms with Gasteiger partial charge in [-0.15, -0.1) is 11.8 Å². The van der Waals surface area contributed by atoms with Crippen LogP contribution in [-0.2, 0) is 4.74 Å². The zero-order valence-electron chi connectivity index (χ0n) is 13.7. The van der Waals surface area contributed by atoms with E-state index in [9.17, 15) is 19.7 Å². The number of carbonyl (C=O) groups is 2. The maximum atomic E-state index is 12.3. The summed E-state index contributed by atoms with van der Waals surface area (Å²) in [4.78, 5) is 38.4. The third-order valence-electron chi connectivity index (χ3n) is 3.84. The van der Waals surface area contributed by atoms with Crippen LogP contribution < -0.4 is 0 Å². The van der Waals surface area contributed by atoms with Crippen molar-refractivity contribution in [1.29, 1.82) is 0 Å². The van der Waals surface area contributed by atoms with E-state index in [1.807, 2.05) is 18.2 Å². The van der Waals surface area contributed by atoms with Crippen molar-refractivity contribution >= 4 is 40.1 Å². The number of ketones is 1. The molecule has 0 fully saturated rings. The summed E-state index contributed by atoms with van der Waals surface area (Å²) < 4.78 is 5.04. The van der Waals surface area contributed by atoms with Crippen molar-refractivity contribution in [3.05, 3.63) is 69.9 Å². The molecule has 1 aromatic heterocycles. The molecule has 132 valence electrons. The molecule has 7 nitrogen and oxygen atoms in total. The molecule has 0 saturated carbocycles. The van der Waals surface area contributed by atoms with Crippen molar-refractivity contribution in [1.82, 2.24) is 4.98 Å². The minimum atomic E-state index is -0.783. The molecule has 0 saturated heterocycles. The van der Waals surface area contributed by atoms with Crippen LogP contribution in [-0.4, -0.2) is 34.5 Å². The van der Waals surface area contributed by atoms with Gasteiger partial charge in [0.1, 0.15) is 0 Å². The summed E-state index contributed by atoms with van der Waals surface area (Å²) in [5.74, 6) is -1.14. The number of H-pyrrole nitrogens is 1. The van der Waals surface area contributed by atoms with Gasteiger partial charge in [0.25, 0.3) is 5.69 Å². The van der Waals surface area contributed by atoms with Gasteiger partial charge in [-0.3, -0.25) is 14.9 Å². The zero-order valence-corrected chi connectivity index (χ0v) is 14.5. The number of nitrogens with one attached hydrogen (secondary N) is 1. The van der Waals surface area contributed by atoms with Gasteiger partial charge >= 0.3 is 5.97 Å². The maximum absolute atomic E-state index is 12.3. The van der Waals surface area contributed by atoms with E-state index in [1.165, 1.54) is 23.9 Å². The summed E-state index contributed by atoms with van der Waals surface area (Å²) in [7, 11) is 0. The highest BCUT2D eigenvalue weighted by Gasteiger charge is 2.19. The fourth-order valence-electron chi connectivity index (χ4n) is 2.55. The third kappa shape index (κ3) is 3.45. The van der Waals surface area contributed by atoms with Crippen LogP contribution in [0.15, 0.2) is 53.6 Å². The molecule has 3 aromatic rings. The van der Waals surface area contributed by atoms with Gasteiger partial charge in [-0.25, -0.2) is 4.79 Å². The molecule has 8 heteroatoms. The summed E-state index contributed by atoms with van der Waals surface area (Å²) in [6.07, 6.45) is 3.28. The van der Waals surface area contributed by atoms with Gasteiger partial charge in [0.15, 0.2) is 6.61 Å². The number of nitro groups is 1. The maximum Gasteiger partial charge on any atom is 0.338 e. The van der Waals surface area contributed by atoms with Crippen molar-refractivity contribution in [2.24, 2.45) is 0 Å². The van der Waals surface area contributed by atoms with Crippen LogP contribution >= 0.6 is 11.8 Å². The van der Waals surface area contributed by atoms with Crippen LogP contribution in [0, 0.1) is 10.1 Å². The average Bonchev–Trinajstić information content (AvgIpc) is 3.09. The second-order valence-corrected chi connectivity index (χ2v) is 6.24. The van der Waals surface area contributed by atoms with E-state index in [2.05, 4.69) is 4.98 Å². The molecule has 0 aliphatic rings. The molecule has 26 heavy (non-hydrogen) atoms. The third-order valence-corrected chi connectivity index (χ3v) is 4.62. The van der Waals surface area contributed by atoms with Crippen LogP contribution in [0.2, 0.25) is 0 Å². The van der Waals surface area contributed by atoms with Crippen molar-refractivity contribution in [3.8, 4) is 0 Å². The number of fused-ring (bicyclic) bond motifs is 1. The van der Waals surface area contributed by atoms with E-state index >= 15 is 0 Å². The predicted molar refractivity (Wildman–Crippen MR) is 97.8 cm³/mol. The first-order valence-electron chi connectivity index (χ1n) is 7.60.